The third-order valence-corrected chi connectivity index (χ3v) is 7.41. The summed E-state index contributed by atoms with van der Waals surface area (Å²) in [7, 11) is 3.04. The number of carbonyl (C=O) groups excluding carboxylic acids is 2. The maximum Gasteiger partial charge on any atom is 0.309 e. The smallest absolute Gasteiger partial charge is 0.309 e. The van der Waals surface area contributed by atoms with Crippen LogP contribution in [0.4, 0.5) is 10.1 Å². The van der Waals surface area contributed by atoms with Crippen LogP contribution >= 0.6 is 0 Å². The van der Waals surface area contributed by atoms with Crippen molar-refractivity contribution < 1.29 is 28.2 Å². The minimum absolute atomic E-state index is 0.0224. The predicted molar refractivity (Wildman–Crippen MR) is 127 cm³/mol. The number of carbonyl (C=O) groups is 2. The molecule has 0 bridgehead atoms. The summed E-state index contributed by atoms with van der Waals surface area (Å²) in [6, 6.07) is 12.1. The third kappa shape index (κ3) is 4.29. The number of esters is 1. The minimum Gasteiger partial charge on any atom is -0.496 e. The maximum atomic E-state index is 13.7. The Morgan fingerprint density at radius 3 is 2.53 bits per heavy atom. The van der Waals surface area contributed by atoms with Crippen molar-refractivity contribution >= 4 is 17.6 Å². The Bertz CT molecular complexity index is 1060. The van der Waals surface area contributed by atoms with E-state index in [4.69, 9.17) is 14.2 Å². The first kappa shape index (κ1) is 24.2. The predicted octanol–water partition coefficient (Wildman–Crippen LogP) is 4.82. The summed E-state index contributed by atoms with van der Waals surface area (Å²) in [5.41, 5.74) is 2.12. The Kier molecular flexibility index (Phi) is 6.94. The van der Waals surface area contributed by atoms with Gasteiger partial charge in [-0.05, 0) is 62.1 Å². The summed E-state index contributed by atoms with van der Waals surface area (Å²) in [6.07, 6.45) is 2.04. The first-order valence-corrected chi connectivity index (χ1v) is 11.8. The average Bonchev–Trinajstić information content (AvgIpc) is 3.43. The molecule has 1 spiro atoms. The lowest BCUT2D eigenvalue weighted by Crippen LogP contribution is -2.35. The van der Waals surface area contributed by atoms with Gasteiger partial charge in [-0.15, -0.1) is 0 Å². The Morgan fingerprint density at radius 1 is 1.18 bits per heavy atom. The zero-order valence-corrected chi connectivity index (χ0v) is 20.2. The van der Waals surface area contributed by atoms with E-state index in [1.807, 2.05) is 25.1 Å². The quantitative estimate of drug-likeness (QED) is 0.568. The molecule has 0 unspecified atom stereocenters. The van der Waals surface area contributed by atoms with Crippen LogP contribution in [0.5, 0.6) is 5.75 Å². The summed E-state index contributed by atoms with van der Waals surface area (Å²) >= 11 is 0. The van der Waals surface area contributed by atoms with E-state index >= 15 is 0 Å². The van der Waals surface area contributed by atoms with Crippen LogP contribution in [-0.2, 0) is 19.1 Å². The van der Waals surface area contributed by atoms with Crippen LogP contribution in [0.25, 0.3) is 0 Å². The van der Waals surface area contributed by atoms with E-state index in [-0.39, 0.29) is 35.4 Å². The van der Waals surface area contributed by atoms with E-state index in [9.17, 15) is 14.0 Å². The molecule has 4 rings (SSSR count). The van der Waals surface area contributed by atoms with Crippen molar-refractivity contribution in [3.63, 3.8) is 0 Å². The van der Waals surface area contributed by atoms with Gasteiger partial charge < -0.3 is 19.1 Å². The molecule has 1 amide bonds. The molecule has 1 saturated carbocycles. The second kappa shape index (κ2) is 9.74. The molecule has 1 heterocycles. The Morgan fingerprint density at radius 2 is 1.91 bits per heavy atom. The SMILES string of the molecule is CCN(C(C)=O)c1ccc(OC)c([C@H]2CO[C@]3(CC[C@H](C(=O)OC)[C@H]3c3ccc(F)cc3)C2)c1. The number of hydrogen-bond acceptors (Lipinski definition) is 5. The molecule has 6 nitrogen and oxygen atoms in total. The number of hydrogen-bond donors (Lipinski definition) is 0. The van der Waals surface area contributed by atoms with Crippen LogP contribution in [0.2, 0.25) is 0 Å². The van der Waals surface area contributed by atoms with Crippen molar-refractivity contribution in [2.45, 2.75) is 50.5 Å². The molecule has 0 radical (unpaired) electrons. The minimum atomic E-state index is -0.562. The Balaban J connectivity index is 1.70. The molecule has 2 aromatic carbocycles. The molecule has 0 aromatic heterocycles. The van der Waals surface area contributed by atoms with Gasteiger partial charge in [0, 0.05) is 36.6 Å². The summed E-state index contributed by atoms with van der Waals surface area (Å²) in [6.45, 7) is 4.54. The number of halogens is 1. The van der Waals surface area contributed by atoms with E-state index in [1.165, 1.54) is 19.2 Å². The lowest BCUT2D eigenvalue weighted by molar-refractivity contribution is -0.146. The largest absolute Gasteiger partial charge is 0.496 e. The van der Waals surface area contributed by atoms with Gasteiger partial charge >= 0.3 is 5.97 Å². The van der Waals surface area contributed by atoms with Gasteiger partial charge in [0.1, 0.15) is 11.6 Å². The normalized spacial score (nSPS) is 26.0. The molecule has 4 atom stereocenters. The zero-order chi connectivity index (χ0) is 24.5. The van der Waals surface area contributed by atoms with Gasteiger partial charge in [-0.2, -0.15) is 0 Å². The van der Waals surface area contributed by atoms with Crippen LogP contribution in [-0.4, -0.2) is 44.8 Å². The Hall–Kier alpha value is -2.93. The highest BCUT2D eigenvalue weighted by Gasteiger charge is 2.56. The highest BCUT2D eigenvalue weighted by Crippen LogP contribution is 2.57. The van der Waals surface area contributed by atoms with Gasteiger partial charge in [0.15, 0.2) is 0 Å². The van der Waals surface area contributed by atoms with Crippen molar-refractivity contribution in [1.82, 2.24) is 0 Å². The van der Waals surface area contributed by atoms with Gasteiger partial charge in [-0.25, -0.2) is 4.39 Å². The number of benzene rings is 2. The van der Waals surface area contributed by atoms with Crippen LogP contribution in [0.3, 0.4) is 0 Å². The second-order valence-electron chi connectivity index (χ2n) is 9.16. The number of ether oxygens (including phenoxy) is 3. The lowest BCUT2D eigenvalue weighted by atomic mass is 9.76. The summed E-state index contributed by atoms with van der Waals surface area (Å²) in [4.78, 5) is 26.5. The van der Waals surface area contributed by atoms with Crippen molar-refractivity contribution in [1.29, 1.82) is 0 Å². The molecule has 0 N–H and O–H groups in total. The Labute approximate surface area is 200 Å². The van der Waals surface area contributed by atoms with E-state index in [0.29, 0.717) is 32.4 Å². The van der Waals surface area contributed by atoms with Crippen LogP contribution in [0, 0.1) is 11.7 Å². The molecule has 182 valence electrons. The fourth-order valence-electron chi connectivity index (χ4n) is 5.89. The summed E-state index contributed by atoms with van der Waals surface area (Å²) < 4.78 is 31.0. The highest BCUT2D eigenvalue weighted by molar-refractivity contribution is 5.91. The van der Waals surface area contributed by atoms with Gasteiger partial charge in [-0.3, -0.25) is 9.59 Å². The van der Waals surface area contributed by atoms with E-state index < -0.39 is 5.60 Å². The first-order chi connectivity index (χ1) is 16.3. The number of amides is 1. The monoisotopic (exact) mass is 469 g/mol. The lowest BCUT2D eigenvalue weighted by Gasteiger charge is -2.33. The third-order valence-electron chi connectivity index (χ3n) is 7.41. The molecule has 2 fully saturated rings. The number of methoxy groups -OCH3 is 2. The summed E-state index contributed by atoms with van der Waals surface area (Å²) in [5.74, 6) is -0.415. The van der Waals surface area contributed by atoms with E-state index in [0.717, 1.165) is 22.6 Å². The van der Waals surface area contributed by atoms with Crippen LogP contribution in [0.15, 0.2) is 42.5 Å². The molecule has 34 heavy (non-hydrogen) atoms. The van der Waals surface area contributed by atoms with Crippen LogP contribution in [0.1, 0.15) is 56.1 Å². The van der Waals surface area contributed by atoms with Gasteiger partial charge in [0.05, 0.1) is 32.3 Å². The molecule has 2 aliphatic rings. The van der Waals surface area contributed by atoms with E-state index in [2.05, 4.69) is 0 Å². The molecular formula is C27H32FNO5. The topological polar surface area (TPSA) is 65.1 Å². The number of rotatable bonds is 6. The molecular weight excluding hydrogens is 437 g/mol. The fourth-order valence-corrected chi connectivity index (χ4v) is 5.89. The van der Waals surface area contributed by atoms with Gasteiger partial charge in [0.2, 0.25) is 5.91 Å². The number of nitrogens with zero attached hydrogens (tertiary/aromatic N) is 1. The molecule has 1 saturated heterocycles. The number of anilines is 1. The zero-order valence-electron chi connectivity index (χ0n) is 20.2. The maximum absolute atomic E-state index is 13.7. The van der Waals surface area contributed by atoms with Crippen LogP contribution < -0.4 is 9.64 Å². The molecule has 1 aliphatic carbocycles. The first-order valence-electron chi connectivity index (χ1n) is 11.8. The molecule has 2 aromatic rings. The second-order valence-corrected chi connectivity index (χ2v) is 9.16. The highest BCUT2D eigenvalue weighted by atomic mass is 19.1. The van der Waals surface area contributed by atoms with Gasteiger partial charge in [-0.1, -0.05) is 12.1 Å². The molecule has 1 aliphatic heterocycles. The van der Waals surface area contributed by atoms with Crippen molar-refractivity contribution in [2.75, 3.05) is 32.3 Å². The van der Waals surface area contributed by atoms with Crippen molar-refractivity contribution in [3.05, 3.63) is 59.4 Å². The van der Waals surface area contributed by atoms with Gasteiger partial charge in [0.25, 0.3) is 0 Å². The standard InChI is InChI=1S/C27H32FNO5/c1-5-29(17(2)30)21-10-11-24(32-3)23(14-21)19-15-27(34-16-19)13-12-22(26(31)33-4)25(27)18-6-8-20(28)9-7-18/h6-11,14,19,22,25H,5,12-13,15-16H2,1-4H3/t19-,22+,25-,27-/m1/s1. The van der Waals surface area contributed by atoms with Crippen molar-refractivity contribution in [3.8, 4) is 5.75 Å². The fraction of sp³-hybridized carbons (Fsp3) is 0.481. The summed E-state index contributed by atoms with van der Waals surface area (Å²) in [5, 5.41) is 0. The van der Waals surface area contributed by atoms with Crippen molar-refractivity contribution in [2.24, 2.45) is 5.92 Å². The van der Waals surface area contributed by atoms with E-state index in [1.54, 1.807) is 31.1 Å². The molecule has 7 heteroatoms. The average molecular weight is 470 g/mol.